The second kappa shape index (κ2) is 3.38. The Bertz CT molecular complexity index is 486. The Labute approximate surface area is 92.3 Å². The predicted octanol–water partition coefficient (Wildman–Crippen LogP) is 2.70. The maximum atomic E-state index is 5.67. The van der Waals surface area contributed by atoms with Crippen LogP contribution >= 0.6 is 11.3 Å². The van der Waals surface area contributed by atoms with Gasteiger partial charge in [-0.2, -0.15) is 5.10 Å². The lowest BCUT2D eigenvalue weighted by molar-refractivity contribution is 0.231. The monoisotopic (exact) mass is 220 g/mol. The van der Waals surface area contributed by atoms with Crippen LogP contribution in [0.1, 0.15) is 11.3 Å². The molecule has 0 radical (unpaired) electrons. The molecule has 1 aliphatic rings. The number of thiophene rings is 1. The number of aryl methyl sites for hydroxylation is 2. The van der Waals surface area contributed by atoms with Crippen molar-refractivity contribution in [3.8, 4) is 16.3 Å². The molecule has 3 nitrogen and oxygen atoms in total. The Hall–Kier alpha value is -1.29. The normalized spacial score (nSPS) is 14.7. The van der Waals surface area contributed by atoms with E-state index in [2.05, 4.69) is 24.2 Å². The lowest BCUT2D eigenvalue weighted by Gasteiger charge is -2.15. The summed E-state index contributed by atoms with van der Waals surface area (Å²) in [6.45, 7) is 3.90. The maximum Gasteiger partial charge on any atom is 0.220 e. The van der Waals surface area contributed by atoms with E-state index in [1.165, 1.54) is 9.75 Å². The molecule has 0 unspecified atom stereocenters. The zero-order valence-corrected chi connectivity index (χ0v) is 9.38. The van der Waals surface area contributed by atoms with Crippen molar-refractivity contribution >= 4 is 11.3 Å². The molecule has 0 atom stereocenters. The Morgan fingerprint density at radius 3 is 3.20 bits per heavy atom. The molecule has 1 aliphatic heterocycles. The first kappa shape index (κ1) is 8.97. The van der Waals surface area contributed by atoms with Crippen molar-refractivity contribution in [1.82, 2.24) is 9.78 Å². The summed E-state index contributed by atoms with van der Waals surface area (Å²) >= 11 is 1.78. The average Bonchev–Trinajstić information content (AvgIpc) is 2.83. The van der Waals surface area contributed by atoms with Crippen LogP contribution in [0.25, 0.3) is 10.4 Å². The highest BCUT2D eigenvalue weighted by Gasteiger charge is 2.18. The molecule has 0 aliphatic carbocycles. The van der Waals surface area contributed by atoms with Gasteiger partial charge >= 0.3 is 0 Å². The lowest BCUT2D eigenvalue weighted by Crippen LogP contribution is -2.14. The van der Waals surface area contributed by atoms with Gasteiger partial charge in [-0.25, -0.2) is 4.68 Å². The minimum absolute atomic E-state index is 0.809. The summed E-state index contributed by atoms with van der Waals surface area (Å²) in [7, 11) is 0. The fourth-order valence-corrected chi connectivity index (χ4v) is 2.69. The highest BCUT2D eigenvalue weighted by molar-refractivity contribution is 7.15. The van der Waals surface area contributed by atoms with Gasteiger partial charge in [0.2, 0.25) is 5.88 Å². The highest BCUT2D eigenvalue weighted by Crippen LogP contribution is 2.35. The fraction of sp³-hybridized carbons (Fsp3) is 0.364. The van der Waals surface area contributed by atoms with Gasteiger partial charge in [-0.05, 0) is 19.1 Å². The van der Waals surface area contributed by atoms with Crippen LogP contribution in [0.15, 0.2) is 18.3 Å². The molecule has 0 saturated carbocycles. The SMILES string of the molecule is Cc1ccc(-c2cnn3c2OCCC3)s1. The van der Waals surface area contributed by atoms with E-state index in [-0.39, 0.29) is 0 Å². The van der Waals surface area contributed by atoms with E-state index in [9.17, 15) is 0 Å². The van der Waals surface area contributed by atoms with Gasteiger partial charge in [0.15, 0.2) is 0 Å². The van der Waals surface area contributed by atoms with Crippen molar-refractivity contribution in [2.45, 2.75) is 19.9 Å². The summed E-state index contributed by atoms with van der Waals surface area (Å²) in [5, 5.41) is 4.34. The summed E-state index contributed by atoms with van der Waals surface area (Å²) in [5.41, 5.74) is 1.13. The second-order valence-electron chi connectivity index (χ2n) is 3.70. The van der Waals surface area contributed by atoms with Crippen molar-refractivity contribution < 1.29 is 4.74 Å². The van der Waals surface area contributed by atoms with E-state index in [0.717, 1.165) is 31.0 Å². The molecule has 0 amide bonds. The number of hydrogen-bond donors (Lipinski definition) is 0. The van der Waals surface area contributed by atoms with E-state index in [0.29, 0.717) is 0 Å². The largest absolute Gasteiger partial charge is 0.477 e. The van der Waals surface area contributed by atoms with Crippen molar-refractivity contribution in [2.24, 2.45) is 0 Å². The van der Waals surface area contributed by atoms with Gasteiger partial charge in [-0.15, -0.1) is 11.3 Å². The van der Waals surface area contributed by atoms with Crippen LogP contribution < -0.4 is 4.74 Å². The molecule has 2 aromatic heterocycles. The van der Waals surface area contributed by atoms with Gasteiger partial charge in [-0.3, -0.25) is 0 Å². The van der Waals surface area contributed by atoms with Crippen LogP contribution in [0.3, 0.4) is 0 Å². The molecule has 0 saturated heterocycles. The quantitative estimate of drug-likeness (QED) is 0.739. The third-order valence-electron chi connectivity index (χ3n) is 2.55. The van der Waals surface area contributed by atoms with Crippen LogP contribution in [0.2, 0.25) is 0 Å². The molecule has 2 aromatic rings. The van der Waals surface area contributed by atoms with Crippen LogP contribution in [0.4, 0.5) is 0 Å². The second-order valence-corrected chi connectivity index (χ2v) is 4.99. The molecule has 0 fully saturated rings. The molecule has 15 heavy (non-hydrogen) atoms. The van der Waals surface area contributed by atoms with Crippen LogP contribution in [-0.2, 0) is 6.54 Å². The van der Waals surface area contributed by atoms with Gasteiger partial charge < -0.3 is 4.74 Å². The third-order valence-corrected chi connectivity index (χ3v) is 3.58. The molecule has 0 spiro atoms. The molecule has 0 bridgehead atoms. The number of fused-ring (bicyclic) bond motifs is 1. The van der Waals surface area contributed by atoms with Crippen molar-refractivity contribution in [3.05, 3.63) is 23.2 Å². The zero-order chi connectivity index (χ0) is 10.3. The van der Waals surface area contributed by atoms with Crippen LogP contribution in [0, 0.1) is 6.92 Å². The lowest BCUT2D eigenvalue weighted by atomic mass is 10.2. The van der Waals surface area contributed by atoms with E-state index in [1.807, 2.05) is 10.9 Å². The van der Waals surface area contributed by atoms with E-state index in [4.69, 9.17) is 4.74 Å². The van der Waals surface area contributed by atoms with Gasteiger partial charge in [0.05, 0.1) is 18.4 Å². The highest BCUT2D eigenvalue weighted by atomic mass is 32.1. The molecular formula is C11H12N2OS. The number of hydrogen-bond acceptors (Lipinski definition) is 3. The summed E-state index contributed by atoms with van der Waals surface area (Å²) < 4.78 is 7.62. The molecule has 4 heteroatoms. The predicted molar refractivity (Wildman–Crippen MR) is 60.4 cm³/mol. The number of ether oxygens (including phenoxy) is 1. The van der Waals surface area contributed by atoms with E-state index < -0.39 is 0 Å². The van der Waals surface area contributed by atoms with Crippen LogP contribution in [-0.4, -0.2) is 16.4 Å². The number of rotatable bonds is 1. The molecule has 0 N–H and O–H groups in total. The van der Waals surface area contributed by atoms with E-state index >= 15 is 0 Å². The Morgan fingerprint density at radius 1 is 1.47 bits per heavy atom. The van der Waals surface area contributed by atoms with Crippen molar-refractivity contribution in [3.63, 3.8) is 0 Å². The number of nitrogens with zero attached hydrogens (tertiary/aromatic N) is 2. The topological polar surface area (TPSA) is 27.1 Å². The summed E-state index contributed by atoms with van der Waals surface area (Å²) in [4.78, 5) is 2.57. The molecule has 78 valence electrons. The van der Waals surface area contributed by atoms with Gasteiger partial charge in [0.25, 0.3) is 0 Å². The Kier molecular flexibility index (Phi) is 2.02. The summed E-state index contributed by atoms with van der Waals surface area (Å²) in [5.74, 6) is 0.933. The van der Waals surface area contributed by atoms with Crippen LogP contribution in [0.5, 0.6) is 5.88 Å². The molecule has 3 heterocycles. The summed E-state index contributed by atoms with van der Waals surface area (Å²) in [6, 6.07) is 4.27. The first-order valence-corrected chi connectivity index (χ1v) is 5.91. The molecule has 3 rings (SSSR count). The third kappa shape index (κ3) is 1.45. The van der Waals surface area contributed by atoms with Crippen molar-refractivity contribution in [1.29, 1.82) is 0 Å². The smallest absolute Gasteiger partial charge is 0.220 e. The average molecular weight is 220 g/mol. The van der Waals surface area contributed by atoms with Crippen molar-refractivity contribution in [2.75, 3.05) is 6.61 Å². The minimum Gasteiger partial charge on any atom is -0.477 e. The minimum atomic E-state index is 0.809. The standard InChI is InChI=1S/C11H12N2OS/c1-8-3-4-10(15-8)9-7-12-13-5-2-6-14-11(9)13/h3-4,7H,2,5-6H2,1H3. The molecular weight excluding hydrogens is 208 g/mol. The first-order chi connectivity index (χ1) is 7.34. The van der Waals surface area contributed by atoms with E-state index in [1.54, 1.807) is 11.3 Å². The Morgan fingerprint density at radius 2 is 2.40 bits per heavy atom. The number of aromatic nitrogens is 2. The van der Waals surface area contributed by atoms with Gasteiger partial charge in [-0.1, -0.05) is 0 Å². The fourth-order valence-electron chi connectivity index (χ4n) is 1.82. The summed E-state index contributed by atoms with van der Waals surface area (Å²) in [6.07, 6.45) is 2.96. The maximum absolute atomic E-state index is 5.67. The zero-order valence-electron chi connectivity index (χ0n) is 8.56. The Balaban J connectivity index is 2.08. The van der Waals surface area contributed by atoms with Gasteiger partial charge in [0, 0.05) is 22.7 Å². The first-order valence-electron chi connectivity index (χ1n) is 5.10. The van der Waals surface area contributed by atoms with Gasteiger partial charge in [0.1, 0.15) is 0 Å². The molecule has 0 aromatic carbocycles.